The number of rotatable bonds is 7. The number of carbonyl (C=O) groups is 2. The van der Waals surface area contributed by atoms with Crippen molar-refractivity contribution < 1.29 is 19.1 Å². The van der Waals surface area contributed by atoms with E-state index in [1.54, 1.807) is 4.52 Å². The number of carbonyl (C=O) groups excluding carboxylic acids is 2. The number of aryl methyl sites for hydroxylation is 2. The summed E-state index contributed by atoms with van der Waals surface area (Å²) in [7, 11) is 0. The van der Waals surface area contributed by atoms with Crippen LogP contribution in [0.3, 0.4) is 0 Å². The van der Waals surface area contributed by atoms with E-state index in [0.717, 1.165) is 34.0 Å². The van der Waals surface area contributed by atoms with Gasteiger partial charge in [0.15, 0.2) is 17.1 Å². The molecule has 9 heteroatoms. The van der Waals surface area contributed by atoms with Crippen LogP contribution in [-0.2, 0) is 17.8 Å². The fourth-order valence-corrected chi connectivity index (χ4v) is 4.08. The van der Waals surface area contributed by atoms with Gasteiger partial charge in [0.2, 0.25) is 5.91 Å². The van der Waals surface area contributed by atoms with Crippen LogP contribution in [0, 0.1) is 13.8 Å². The Morgan fingerprint density at radius 1 is 1.22 bits per heavy atom. The molecule has 3 heterocycles. The summed E-state index contributed by atoms with van der Waals surface area (Å²) < 4.78 is 13.0. The molecule has 0 spiro atoms. The van der Waals surface area contributed by atoms with Gasteiger partial charge in [0.05, 0.1) is 6.20 Å². The highest BCUT2D eigenvalue weighted by atomic mass is 16.6. The molecule has 4 rings (SSSR count). The van der Waals surface area contributed by atoms with Crippen LogP contribution in [0.1, 0.15) is 46.2 Å². The van der Waals surface area contributed by atoms with Crippen molar-refractivity contribution in [1.29, 1.82) is 0 Å². The van der Waals surface area contributed by atoms with Crippen molar-refractivity contribution in [2.24, 2.45) is 5.73 Å². The minimum absolute atomic E-state index is 0.0408. The first kappa shape index (κ1) is 21.6. The summed E-state index contributed by atoms with van der Waals surface area (Å²) in [6.07, 6.45) is 2.28. The molecule has 2 N–H and O–H groups in total. The highest BCUT2D eigenvalue weighted by molar-refractivity contribution is 5.98. The monoisotopic (exact) mass is 437 g/mol. The van der Waals surface area contributed by atoms with Gasteiger partial charge in [-0.3, -0.25) is 9.59 Å². The van der Waals surface area contributed by atoms with Crippen LogP contribution in [0.25, 0.3) is 5.65 Å². The number of amides is 2. The van der Waals surface area contributed by atoms with Crippen molar-refractivity contribution in [3.05, 3.63) is 52.5 Å². The van der Waals surface area contributed by atoms with E-state index in [-0.39, 0.29) is 11.5 Å². The third-order valence-electron chi connectivity index (χ3n) is 5.81. The van der Waals surface area contributed by atoms with E-state index >= 15 is 0 Å². The van der Waals surface area contributed by atoms with Gasteiger partial charge in [0, 0.05) is 36.5 Å². The van der Waals surface area contributed by atoms with Gasteiger partial charge in [0.1, 0.15) is 18.8 Å². The molecule has 0 fully saturated rings. The SMILES string of the molecule is CCN(Cc1cccc2c1OCCO2)C(=O)CCc1c(C)nc2c(C(N)=O)cnn2c1C. The quantitative estimate of drug-likeness (QED) is 0.606. The van der Waals surface area contributed by atoms with Gasteiger partial charge in [-0.2, -0.15) is 5.10 Å². The van der Waals surface area contributed by atoms with Crippen LogP contribution in [-0.4, -0.2) is 51.1 Å². The Kier molecular flexibility index (Phi) is 5.98. The number of nitrogens with two attached hydrogens (primary N) is 1. The first-order valence-corrected chi connectivity index (χ1v) is 10.7. The Hall–Kier alpha value is -3.62. The van der Waals surface area contributed by atoms with Gasteiger partial charge in [-0.15, -0.1) is 0 Å². The van der Waals surface area contributed by atoms with E-state index < -0.39 is 5.91 Å². The number of aromatic nitrogens is 3. The molecule has 0 bridgehead atoms. The smallest absolute Gasteiger partial charge is 0.254 e. The van der Waals surface area contributed by atoms with Crippen molar-refractivity contribution in [1.82, 2.24) is 19.5 Å². The highest BCUT2D eigenvalue weighted by Gasteiger charge is 2.21. The fourth-order valence-electron chi connectivity index (χ4n) is 4.08. The van der Waals surface area contributed by atoms with Crippen LogP contribution >= 0.6 is 0 Å². The molecular weight excluding hydrogens is 410 g/mol. The van der Waals surface area contributed by atoms with Gasteiger partial charge in [-0.1, -0.05) is 12.1 Å². The zero-order valence-corrected chi connectivity index (χ0v) is 18.6. The van der Waals surface area contributed by atoms with Gasteiger partial charge in [0.25, 0.3) is 5.91 Å². The summed E-state index contributed by atoms with van der Waals surface area (Å²) in [4.78, 5) is 31.0. The number of hydrogen-bond donors (Lipinski definition) is 1. The maximum absolute atomic E-state index is 13.0. The Morgan fingerprint density at radius 2 is 2.00 bits per heavy atom. The van der Waals surface area contributed by atoms with Gasteiger partial charge in [-0.05, 0) is 38.8 Å². The second-order valence-corrected chi connectivity index (χ2v) is 7.77. The molecule has 3 aromatic rings. The molecule has 0 aliphatic carbocycles. The third-order valence-corrected chi connectivity index (χ3v) is 5.81. The van der Waals surface area contributed by atoms with Crippen molar-refractivity contribution in [3.63, 3.8) is 0 Å². The number of ether oxygens (including phenoxy) is 2. The van der Waals surface area contributed by atoms with Crippen molar-refractivity contribution >= 4 is 17.5 Å². The Labute approximate surface area is 186 Å². The molecule has 0 unspecified atom stereocenters. The van der Waals surface area contributed by atoms with E-state index in [1.807, 2.05) is 43.9 Å². The maximum Gasteiger partial charge on any atom is 0.254 e. The minimum Gasteiger partial charge on any atom is -0.486 e. The Balaban J connectivity index is 1.50. The summed E-state index contributed by atoms with van der Waals surface area (Å²) in [5, 5.41) is 4.25. The molecule has 0 atom stereocenters. The molecule has 2 amide bonds. The summed E-state index contributed by atoms with van der Waals surface area (Å²) in [5.74, 6) is 0.914. The molecule has 168 valence electrons. The first-order valence-electron chi connectivity index (χ1n) is 10.7. The number of para-hydroxylation sites is 1. The lowest BCUT2D eigenvalue weighted by atomic mass is 10.1. The fraction of sp³-hybridized carbons (Fsp3) is 0.391. The maximum atomic E-state index is 13.0. The van der Waals surface area contributed by atoms with Crippen LogP contribution in [0.4, 0.5) is 0 Å². The molecule has 0 saturated carbocycles. The zero-order chi connectivity index (χ0) is 22.8. The van der Waals surface area contributed by atoms with Crippen molar-refractivity contribution in [2.75, 3.05) is 19.8 Å². The largest absolute Gasteiger partial charge is 0.486 e. The number of primary amides is 1. The molecule has 9 nitrogen and oxygen atoms in total. The number of fused-ring (bicyclic) bond motifs is 2. The molecule has 32 heavy (non-hydrogen) atoms. The van der Waals surface area contributed by atoms with E-state index in [4.69, 9.17) is 15.2 Å². The first-order chi connectivity index (χ1) is 15.4. The van der Waals surface area contributed by atoms with Crippen molar-refractivity contribution in [2.45, 2.75) is 40.2 Å². The summed E-state index contributed by atoms with van der Waals surface area (Å²) in [5.41, 5.74) is 9.62. The zero-order valence-electron chi connectivity index (χ0n) is 18.6. The lowest BCUT2D eigenvalue weighted by Crippen LogP contribution is -2.31. The third kappa shape index (κ3) is 3.98. The average molecular weight is 438 g/mol. The predicted molar refractivity (Wildman–Crippen MR) is 118 cm³/mol. The molecule has 1 aliphatic rings. The van der Waals surface area contributed by atoms with Crippen molar-refractivity contribution in [3.8, 4) is 11.5 Å². The highest BCUT2D eigenvalue weighted by Crippen LogP contribution is 2.34. The van der Waals surface area contributed by atoms with E-state index in [9.17, 15) is 9.59 Å². The second-order valence-electron chi connectivity index (χ2n) is 7.77. The topological polar surface area (TPSA) is 112 Å². The van der Waals surface area contributed by atoms with Gasteiger partial charge >= 0.3 is 0 Å². The number of benzene rings is 1. The van der Waals surface area contributed by atoms with Crippen LogP contribution in [0.5, 0.6) is 11.5 Å². The van der Waals surface area contributed by atoms with Crippen LogP contribution < -0.4 is 15.2 Å². The average Bonchev–Trinajstić information content (AvgIpc) is 3.21. The molecule has 1 aromatic carbocycles. The van der Waals surface area contributed by atoms with Crippen LogP contribution in [0.2, 0.25) is 0 Å². The van der Waals surface area contributed by atoms with Crippen LogP contribution in [0.15, 0.2) is 24.4 Å². The molecular formula is C23H27N5O4. The van der Waals surface area contributed by atoms with E-state index in [0.29, 0.717) is 44.8 Å². The summed E-state index contributed by atoms with van der Waals surface area (Å²) >= 11 is 0. The lowest BCUT2D eigenvalue weighted by molar-refractivity contribution is -0.131. The molecule has 1 aliphatic heterocycles. The number of nitrogens with zero attached hydrogens (tertiary/aromatic N) is 4. The predicted octanol–water partition coefficient (Wildman–Crippen LogP) is 2.20. The Morgan fingerprint density at radius 3 is 2.75 bits per heavy atom. The molecule has 2 aromatic heterocycles. The van der Waals surface area contributed by atoms with Gasteiger partial charge < -0.3 is 20.1 Å². The summed E-state index contributed by atoms with van der Waals surface area (Å²) in [6, 6.07) is 5.76. The standard InChI is InChI=1S/C23H27N5O4/c1-4-27(13-16-6-5-7-19-21(16)32-11-10-31-19)20(29)9-8-17-14(2)26-23-18(22(24)30)12-25-28(23)15(17)3/h5-7,12H,4,8-11,13H2,1-3H3,(H2,24,30). The molecule has 0 saturated heterocycles. The number of hydrogen-bond acceptors (Lipinski definition) is 6. The van der Waals surface area contributed by atoms with Gasteiger partial charge in [-0.25, -0.2) is 9.50 Å². The van der Waals surface area contributed by atoms with E-state index in [2.05, 4.69) is 10.1 Å². The Bertz CT molecular complexity index is 1190. The summed E-state index contributed by atoms with van der Waals surface area (Å²) in [6.45, 7) is 7.81. The normalized spacial score (nSPS) is 12.7. The lowest BCUT2D eigenvalue weighted by Gasteiger charge is -2.25. The second kappa shape index (κ2) is 8.86. The van der Waals surface area contributed by atoms with E-state index in [1.165, 1.54) is 6.20 Å². The molecule has 0 radical (unpaired) electrons. The minimum atomic E-state index is -0.565.